The van der Waals surface area contributed by atoms with E-state index in [-0.39, 0.29) is 12.2 Å². The van der Waals surface area contributed by atoms with Crippen molar-refractivity contribution in [2.24, 2.45) is 0 Å². The van der Waals surface area contributed by atoms with Crippen molar-refractivity contribution in [3.63, 3.8) is 0 Å². The van der Waals surface area contributed by atoms with Crippen LogP contribution in [0.15, 0.2) is 46.9 Å². The first-order valence-corrected chi connectivity index (χ1v) is 9.68. The Bertz CT molecular complexity index is 995. The van der Waals surface area contributed by atoms with Crippen LogP contribution < -0.4 is 4.90 Å². The maximum absolute atomic E-state index is 12.6. The number of hydrogen-bond donors (Lipinski definition) is 0. The van der Waals surface area contributed by atoms with Gasteiger partial charge in [-0.2, -0.15) is 4.98 Å². The van der Waals surface area contributed by atoms with Gasteiger partial charge in [-0.05, 0) is 44.0 Å². The molecule has 7 heteroatoms. The van der Waals surface area contributed by atoms with Crippen LogP contribution in [0.25, 0.3) is 11.2 Å². The molecule has 0 radical (unpaired) electrons. The third-order valence-corrected chi connectivity index (χ3v) is 5.58. The van der Waals surface area contributed by atoms with Gasteiger partial charge in [0.25, 0.3) is 6.01 Å². The summed E-state index contributed by atoms with van der Waals surface area (Å²) in [6.45, 7) is 4.26. The number of pyridine rings is 1. The normalized spacial score (nSPS) is 24.3. The van der Waals surface area contributed by atoms with Gasteiger partial charge in [-0.3, -0.25) is 4.90 Å². The molecule has 7 nitrogen and oxygen atoms in total. The van der Waals surface area contributed by atoms with Gasteiger partial charge in [-0.25, -0.2) is 9.78 Å². The quantitative estimate of drug-likeness (QED) is 0.649. The highest BCUT2D eigenvalue weighted by atomic mass is 16.6. The van der Waals surface area contributed by atoms with Crippen molar-refractivity contribution in [2.75, 3.05) is 24.5 Å². The van der Waals surface area contributed by atoms with E-state index in [1.165, 1.54) is 0 Å². The predicted molar refractivity (Wildman–Crippen MR) is 104 cm³/mol. The molecule has 0 N–H and O–H groups in total. The molecule has 1 unspecified atom stereocenters. The fourth-order valence-corrected chi connectivity index (χ4v) is 4.05. The minimum Gasteiger partial charge on any atom is -0.441 e. The molecule has 0 aliphatic carbocycles. The van der Waals surface area contributed by atoms with E-state index in [9.17, 15) is 4.79 Å². The molecule has 6 rings (SSSR count). The smallest absolute Gasteiger partial charge is 0.339 e. The molecule has 2 bridgehead atoms. The topological polar surface area (TPSA) is 71.7 Å². The number of benzene rings is 1. The number of rotatable bonds is 3. The number of carbonyl (C=O) groups excluding carboxylic acids is 1. The van der Waals surface area contributed by atoms with E-state index in [0.29, 0.717) is 35.4 Å². The Balaban J connectivity index is 1.42. The Morgan fingerprint density at radius 3 is 2.68 bits per heavy atom. The van der Waals surface area contributed by atoms with E-state index < -0.39 is 0 Å². The SMILES string of the molecule is Cc1ccc2oc(N3CC(OC(=O)c4ccccc4)N4CCC3CC4)nc2n1. The van der Waals surface area contributed by atoms with Crippen molar-refractivity contribution >= 4 is 23.2 Å². The van der Waals surface area contributed by atoms with Crippen LogP contribution in [0.1, 0.15) is 28.9 Å². The minimum atomic E-state index is -0.329. The first-order valence-electron chi connectivity index (χ1n) is 9.68. The number of aromatic nitrogens is 2. The predicted octanol–water partition coefficient (Wildman–Crippen LogP) is 3.00. The summed E-state index contributed by atoms with van der Waals surface area (Å²) in [7, 11) is 0. The monoisotopic (exact) mass is 378 g/mol. The Morgan fingerprint density at radius 1 is 1.11 bits per heavy atom. The number of piperidine rings is 1. The van der Waals surface area contributed by atoms with Crippen molar-refractivity contribution in [3.05, 3.63) is 53.7 Å². The van der Waals surface area contributed by atoms with Crippen LogP contribution in [0, 0.1) is 6.92 Å². The summed E-state index contributed by atoms with van der Waals surface area (Å²) in [5, 5.41) is 0. The Labute approximate surface area is 162 Å². The van der Waals surface area contributed by atoms with Crippen LogP contribution >= 0.6 is 0 Å². The van der Waals surface area contributed by atoms with Crippen LogP contribution in [0.3, 0.4) is 0 Å². The third-order valence-electron chi connectivity index (χ3n) is 5.58. The van der Waals surface area contributed by atoms with Gasteiger partial charge in [0.2, 0.25) is 5.65 Å². The lowest BCUT2D eigenvalue weighted by Gasteiger charge is -2.30. The number of anilines is 1. The zero-order valence-corrected chi connectivity index (χ0v) is 15.7. The molecule has 0 saturated carbocycles. The van der Waals surface area contributed by atoms with Crippen molar-refractivity contribution in [2.45, 2.75) is 32.0 Å². The Morgan fingerprint density at radius 2 is 1.89 bits per heavy atom. The van der Waals surface area contributed by atoms with Gasteiger partial charge in [0, 0.05) is 24.8 Å². The average Bonchev–Trinajstić information content (AvgIpc) is 2.98. The number of hydrogen-bond acceptors (Lipinski definition) is 7. The van der Waals surface area contributed by atoms with Crippen LogP contribution in [0.5, 0.6) is 0 Å². The molecule has 5 heterocycles. The molecular formula is C21H22N4O3. The van der Waals surface area contributed by atoms with E-state index in [4.69, 9.17) is 9.15 Å². The van der Waals surface area contributed by atoms with Gasteiger partial charge < -0.3 is 14.1 Å². The Kier molecular flexibility index (Phi) is 4.24. The summed E-state index contributed by atoms with van der Waals surface area (Å²) in [6.07, 6.45) is 1.65. The molecule has 3 aliphatic rings. The van der Waals surface area contributed by atoms with Gasteiger partial charge in [0.05, 0.1) is 12.1 Å². The van der Waals surface area contributed by atoms with Crippen molar-refractivity contribution < 1.29 is 13.9 Å². The largest absolute Gasteiger partial charge is 0.441 e. The van der Waals surface area contributed by atoms with Gasteiger partial charge in [-0.1, -0.05) is 18.2 Å². The third kappa shape index (κ3) is 3.11. The number of oxazole rings is 1. The molecule has 144 valence electrons. The molecule has 28 heavy (non-hydrogen) atoms. The van der Waals surface area contributed by atoms with E-state index in [0.717, 1.165) is 31.6 Å². The number of ether oxygens (including phenoxy) is 1. The van der Waals surface area contributed by atoms with Crippen molar-refractivity contribution in [1.29, 1.82) is 0 Å². The number of aryl methyl sites for hydroxylation is 1. The summed E-state index contributed by atoms with van der Waals surface area (Å²) in [5.41, 5.74) is 2.77. The van der Waals surface area contributed by atoms with Crippen molar-refractivity contribution in [3.8, 4) is 0 Å². The van der Waals surface area contributed by atoms with Crippen LogP contribution in [-0.4, -0.2) is 52.7 Å². The number of esters is 1. The lowest BCUT2D eigenvalue weighted by molar-refractivity contribution is -0.0261. The van der Waals surface area contributed by atoms with Crippen LogP contribution in [0.2, 0.25) is 0 Å². The molecule has 3 fully saturated rings. The lowest BCUT2D eigenvalue weighted by atomic mass is 10.1. The second-order valence-corrected chi connectivity index (χ2v) is 7.42. The van der Waals surface area contributed by atoms with Crippen LogP contribution in [0.4, 0.5) is 6.01 Å². The molecule has 0 amide bonds. The van der Waals surface area contributed by atoms with Gasteiger partial charge in [-0.15, -0.1) is 0 Å². The summed E-state index contributed by atoms with van der Waals surface area (Å²) < 4.78 is 11.9. The first kappa shape index (κ1) is 17.2. The maximum Gasteiger partial charge on any atom is 0.339 e. The molecule has 1 aromatic carbocycles. The number of nitrogens with zero attached hydrogens (tertiary/aromatic N) is 4. The van der Waals surface area contributed by atoms with Gasteiger partial charge in [0.1, 0.15) is 0 Å². The summed E-state index contributed by atoms with van der Waals surface area (Å²) in [4.78, 5) is 26.1. The Hall–Kier alpha value is -2.93. The van der Waals surface area contributed by atoms with E-state index in [2.05, 4.69) is 19.8 Å². The summed E-state index contributed by atoms with van der Waals surface area (Å²) in [6, 6.07) is 13.8. The number of fused-ring (bicyclic) bond motifs is 5. The zero-order chi connectivity index (χ0) is 19.1. The average molecular weight is 378 g/mol. The molecule has 0 spiro atoms. The maximum atomic E-state index is 12.6. The molecule has 3 aromatic rings. The second kappa shape index (κ2) is 6.91. The van der Waals surface area contributed by atoms with E-state index >= 15 is 0 Å². The zero-order valence-electron chi connectivity index (χ0n) is 15.7. The fraction of sp³-hybridized carbons (Fsp3) is 0.381. The highest BCUT2D eigenvalue weighted by Gasteiger charge is 2.39. The van der Waals surface area contributed by atoms with Gasteiger partial charge in [0.15, 0.2) is 11.8 Å². The summed E-state index contributed by atoms with van der Waals surface area (Å²) in [5.74, 6) is -0.300. The summed E-state index contributed by atoms with van der Waals surface area (Å²) >= 11 is 0. The lowest BCUT2D eigenvalue weighted by Crippen LogP contribution is -2.42. The van der Waals surface area contributed by atoms with E-state index in [1.807, 2.05) is 37.3 Å². The molecule has 1 atom stereocenters. The standard InChI is InChI=1S/C21H22N4O3/c1-14-7-8-17-19(22-14)23-21(27-17)25-13-18(24-11-9-16(25)10-12-24)28-20(26)15-5-3-2-4-6-15/h2-8,16,18H,9-13H2,1H3. The molecule has 3 aliphatic heterocycles. The van der Waals surface area contributed by atoms with Crippen LogP contribution in [-0.2, 0) is 4.74 Å². The highest BCUT2D eigenvalue weighted by molar-refractivity contribution is 5.89. The second-order valence-electron chi connectivity index (χ2n) is 7.42. The molecular weight excluding hydrogens is 356 g/mol. The first-order chi connectivity index (χ1) is 13.7. The van der Waals surface area contributed by atoms with E-state index in [1.54, 1.807) is 12.1 Å². The van der Waals surface area contributed by atoms with Crippen molar-refractivity contribution in [1.82, 2.24) is 14.9 Å². The number of carbonyl (C=O) groups is 1. The van der Waals surface area contributed by atoms with Gasteiger partial charge >= 0.3 is 5.97 Å². The fourth-order valence-electron chi connectivity index (χ4n) is 4.05. The molecule has 2 aromatic heterocycles. The molecule has 3 saturated heterocycles. The highest BCUT2D eigenvalue weighted by Crippen LogP contribution is 2.31. The minimum absolute atomic E-state index is 0.300.